The number of benzene rings is 2. The van der Waals surface area contributed by atoms with E-state index in [0.717, 1.165) is 15.9 Å². The number of aromatic nitrogens is 1. The van der Waals surface area contributed by atoms with E-state index < -0.39 is 32.8 Å². The molecule has 2 aromatic carbocycles. The Bertz CT molecular complexity index is 1210. The molecule has 2 N–H and O–H groups in total. The largest absolute Gasteiger partial charge is 0.495 e. The second-order valence-corrected chi connectivity index (χ2v) is 9.39. The Labute approximate surface area is 187 Å². The molecule has 0 bridgehead atoms. The summed E-state index contributed by atoms with van der Waals surface area (Å²) in [5.41, 5.74) is -0.854. The van der Waals surface area contributed by atoms with E-state index in [0.29, 0.717) is 17.0 Å². The molecule has 7 nitrogen and oxygen atoms in total. The van der Waals surface area contributed by atoms with Crippen LogP contribution in [0.3, 0.4) is 0 Å². The number of amides is 1. The molecule has 164 valence electrons. The van der Waals surface area contributed by atoms with Crippen molar-refractivity contribution in [2.45, 2.75) is 11.1 Å². The molecule has 0 saturated heterocycles. The quantitative estimate of drug-likeness (QED) is 0.463. The van der Waals surface area contributed by atoms with E-state index >= 15 is 0 Å². The minimum absolute atomic E-state index is 0.0104. The molecule has 1 heterocycles. The van der Waals surface area contributed by atoms with E-state index in [-0.39, 0.29) is 16.3 Å². The number of hydrogen-bond acceptors (Lipinski definition) is 6. The van der Waals surface area contributed by atoms with Gasteiger partial charge in [-0.05, 0) is 42.5 Å². The number of nitrogens with one attached hydrogen (secondary N) is 2. The third-order valence-electron chi connectivity index (χ3n) is 3.80. The van der Waals surface area contributed by atoms with Gasteiger partial charge in [0.15, 0.2) is 10.7 Å². The van der Waals surface area contributed by atoms with E-state index in [1.54, 1.807) is 24.3 Å². The van der Waals surface area contributed by atoms with Crippen molar-refractivity contribution in [3.63, 3.8) is 0 Å². The topological polar surface area (TPSA) is 97.4 Å². The first-order valence-electron chi connectivity index (χ1n) is 8.30. The molecule has 0 radical (unpaired) electrons. The molecular weight excluding hydrogens is 523 g/mol. The number of sulfonamides is 1. The summed E-state index contributed by atoms with van der Waals surface area (Å²) in [6.07, 6.45) is -4.67. The van der Waals surface area contributed by atoms with Gasteiger partial charge >= 0.3 is 6.18 Å². The number of hydrogen-bond donors (Lipinski definition) is 2. The van der Waals surface area contributed by atoms with Crippen LogP contribution in [0.2, 0.25) is 0 Å². The zero-order chi connectivity index (χ0) is 22.8. The number of carbonyl (C=O) groups is 1. The lowest BCUT2D eigenvalue weighted by atomic mass is 10.3. The smallest absolute Gasteiger partial charge is 0.434 e. The number of methoxy groups -OCH3 is 1. The number of halogens is 4. The third kappa shape index (κ3) is 5.54. The minimum Gasteiger partial charge on any atom is -0.495 e. The van der Waals surface area contributed by atoms with Crippen molar-refractivity contribution in [1.82, 2.24) is 4.98 Å². The van der Waals surface area contributed by atoms with Crippen molar-refractivity contribution >= 4 is 54.6 Å². The average molecular weight is 536 g/mol. The van der Waals surface area contributed by atoms with E-state index in [9.17, 15) is 26.4 Å². The van der Waals surface area contributed by atoms with Gasteiger partial charge in [0.1, 0.15) is 10.6 Å². The molecule has 3 aromatic rings. The number of anilines is 2. The molecule has 0 unspecified atom stereocenters. The Hall–Kier alpha value is -2.64. The maximum Gasteiger partial charge on any atom is 0.434 e. The van der Waals surface area contributed by atoms with Crippen LogP contribution in [0.15, 0.2) is 57.2 Å². The number of rotatable bonds is 6. The molecular formula is C18H13BrF3N3O4S2. The number of ether oxygens (including phenoxy) is 1. The molecule has 0 spiro atoms. The van der Waals surface area contributed by atoms with Crippen LogP contribution < -0.4 is 14.8 Å². The summed E-state index contributed by atoms with van der Waals surface area (Å²) in [5, 5.41) is 2.65. The van der Waals surface area contributed by atoms with Gasteiger partial charge in [-0.25, -0.2) is 13.4 Å². The van der Waals surface area contributed by atoms with Crippen LogP contribution in [-0.4, -0.2) is 26.4 Å². The standard InChI is InChI=1S/C18H13BrF3N3O4S2/c1-29-13-7-6-12(23-16(26)17-24-15(9-30-17)18(20,21)22)8-14(13)31(27,28)25-11-4-2-10(19)3-5-11/h2-9,25H,1H3,(H,23,26). The fraction of sp³-hybridized carbons (Fsp3) is 0.111. The molecule has 0 atom stereocenters. The maximum atomic E-state index is 12.8. The summed E-state index contributed by atoms with van der Waals surface area (Å²) in [6, 6.07) is 10.2. The van der Waals surface area contributed by atoms with Crippen LogP contribution in [0, 0.1) is 0 Å². The summed E-state index contributed by atoms with van der Waals surface area (Å²) in [7, 11) is -2.83. The average Bonchev–Trinajstić information content (AvgIpc) is 3.20. The normalized spacial score (nSPS) is 11.8. The summed E-state index contributed by atoms with van der Waals surface area (Å²) in [4.78, 5) is 15.3. The SMILES string of the molecule is COc1ccc(NC(=O)c2nc(C(F)(F)F)cs2)cc1S(=O)(=O)Nc1ccc(Br)cc1. The van der Waals surface area contributed by atoms with Gasteiger partial charge in [0.05, 0.1) is 7.11 Å². The van der Waals surface area contributed by atoms with E-state index in [4.69, 9.17) is 4.74 Å². The monoisotopic (exact) mass is 535 g/mol. The molecule has 13 heteroatoms. The van der Waals surface area contributed by atoms with Gasteiger partial charge < -0.3 is 10.1 Å². The highest BCUT2D eigenvalue weighted by atomic mass is 79.9. The molecule has 31 heavy (non-hydrogen) atoms. The van der Waals surface area contributed by atoms with Crippen LogP contribution in [0.5, 0.6) is 5.75 Å². The molecule has 0 fully saturated rings. The minimum atomic E-state index is -4.67. The van der Waals surface area contributed by atoms with Gasteiger partial charge in [-0.15, -0.1) is 11.3 Å². The molecule has 0 aliphatic heterocycles. The lowest BCUT2D eigenvalue weighted by molar-refractivity contribution is -0.140. The second kappa shape index (κ2) is 8.85. The first kappa shape index (κ1) is 23.0. The van der Waals surface area contributed by atoms with Crippen LogP contribution in [0.4, 0.5) is 24.5 Å². The van der Waals surface area contributed by atoms with E-state index in [2.05, 4.69) is 31.0 Å². The molecule has 1 aromatic heterocycles. The molecule has 0 saturated carbocycles. The number of alkyl halides is 3. The van der Waals surface area contributed by atoms with E-state index in [1.165, 1.54) is 19.2 Å². The summed E-state index contributed by atoms with van der Waals surface area (Å²) < 4.78 is 72.0. The first-order chi connectivity index (χ1) is 14.5. The Morgan fingerprint density at radius 1 is 1.13 bits per heavy atom. The predicted molar refractivity (Wildman–Crippen MR) is 113 cm³/mol. The van der Waals surface area contributed by atoms with Crippen molar-refractivity contribution < 1.29 is 31.1 Å². The van der Waals surface area contributed by atoms with Crippen molar-refractivity contribution in [3.8, 4) is 5.75 Å². The lowest BCUT2D eigenvalue weighted by Gasteiger charge is -2.13. The van der Waals surface area contributed by atoms with Gasteiger partial charge in [0.2, 0.25) is 0 Å². The van der Waals surface area contributed by atoms with Gasteiger partial charge in [0, 0.05) is 21.2 Å². The van der Waals surface area contributed by atoms with Crippen LogP contribution >= 0.6 is 27.3 Å². The zero-order valence-electron chi connectivity index (χ0n) is 15.5. The molecule has 0 aliphatic rings. The zero-order valence-corrected chi connectivity index (χ0v) is 18.7. The highest BCUT2D eigenvalue weighted by Crippen LogP contribution is 2.31. The van der Waals surface area contributed by atoms with Crippen molar-refractivity contribution in [2.24, 2.45) is 0 Å². The number of nitrogens with zero attached hydrogens (tertiary/aromatic N) is 1. The van der Waals surface area contributed by atoms with Crippen molar-refractivity contribution in [3.05, 3.63) is 63.0 Å². The number of thiazole rings is 1. The van der Waals surface area contributed by atoms with Crippen molar-refractivity contribution in [2.75, 3.05) is 17.1 Å². The summed E-state index contributed by atoms with van der Waals surface area (Å²) in [6.45, 7) is 0. The Balaban J connectivity index is 1.87. The second-order valence-electron chi connectivity index (χ2n) is 5.97. The Morgan fingerprint density at radius 2 is 1.77 bits per heavy atom. The fourth-order valence-corrected chi connectivity index (χ4v) is 4.62. The molecule has 1 amide bonds. The fourth-order valence-electron chi connectivity index (χ4n) is 2.39. The van der Waals surface area contributed by atoms with Gasteiger partial charge in [-0.3, -0.25) is 9.52 Å². The van der Waals surface area contributed by atoms with Crippen LogP contribution in [-0.2, 0) is 16.2 Å². The van der Waals surface area contributed by atoms with Crippen LogP contribution in [0.1, 0.15) is 15.5 Å². The van der Waals surface area contributed by atoms with E-state index in [1.807, 2.05) is 0 Å². The summed E-state index contributed by atoms with van der Waals surface area (Å²) >= 11 is 3.77. The molecule has 3 rings (SSSR count). The highest BCUT2D eigenvalue weighted by Gasteiger charge is 2.34. The van der Waals surface area contributed by atoms with Gasteiger partial charge in [0.25, 0.3) is 15.9 Å². The Morgan fingerprint density at radius 3 is 2.35 bits per heavy atom. The predicted octanol–water partition coefficient (Wildman–Crippen LogP) is 4.99. The first-order valence-corrected chi connectivity index (χ1v) is 11.5. The maximum absolute atomic E-state index is 12.8. The Kier molecular flexibility index (Phi) is 6.57. The van der Waals surface area contributed by atoms with Crippen molar-refractivity contribution in [1.29, 1.82) is 0 Å². The number of carbonyl (C=O) groups excluding carboxylic acids is 1. The van der Waals surface area contributed by atoms with Crippen LogP contribution in [0.25, 0.3) is 0 Å². The van der Waals surface area contributed by atoms with Gasteiger partial charge in [-0.1, -0.05) is 15.9 Å². The lowest BCUT2D eigenvalue weighted by Crippen LogP contribution is -2.16. The molecule has 0 aliphatic carbocycles. The third-order valence-corrected chi connectivity index (χ3v) is 6.57. The van der Waals surface area contributed by atoms with Gasteiger partial charge in [-0.2, -0.15) is 13.2 Å². The highest BCUT2D eigenvalue weighted by molar-refractivity contribution is 9.10. The summed E-state index contributed by atoms with van der Waals surface area (Å²) in [5.74, 6) is -0.897.